The molecule has 3 aliphatic heterocycles. The minimum Gasteiger partial charge on any atom is -0.329 e. The second-order valence-corrected chi connectivity index (χ2v) is 7.52. The first kappa shape index (κ1) is 14.6. The summed E-state index contributed by atoms with van der Waals surface area (Å²) in [6.07, 6.45) is 7.91. The van der Waals surface area contributed by atoms with Crippen molar-refractivity contribution in [3.05, 3.63) is 23.3 Å². The molecule has 4 atom stereocenters. The van der Waals surface area contributed by atoms with Crippen LogP contribution in [0, 0.1) is 12.8 Å². The summed E-state index contributed by atoms with van der Waals surface area (Å²) in [5.41, 5.74) is 8.55. The molecular formula is C18H28N4. The lowest BCUT2D eigenvalue weighted by Gasteiger charge is -2.49. The van der Waals surface area contributed by atoms with Crippen molar-refractivity contribution in [1.82, 2.24) is 14.9 Å². The zero-order valence-corrected chi connectivity index (χ0v) is 13.7. The van der Waals surface area contributed by atoms with Crippen LogP contribution in [0.15, 0.2) is 6.07 Å². The average Bonchev–Trinajstić information content (AvgIpc) is 3.09. The molecule has 1 aromatic rings. The molecule has 0 aromatic carbocycles. The first-order valence-corrected chi connectivity index (χ1v) is 9.04. The van der Waals surface area contributed by atoms with Crippen LogP contribution in [0.1, 0.15) is 67.6 Å². The Balaban J connectivity index is 1.60. The molecule has 0 radical (unpaired) electrons. The second kappa shape index (κ2) is 5.89. The van der Waals surface area contributed by atoms with Gasteiger partial charge in [0.15, 0.2) is 0 Å². The van der Waals surface area contributed by atoms with E-state index in [0.29, 0.717) is 17.9 Å². The summed E-state index contributed by atoms with van der Waals surface area (Å²) in [6.45, 7) is 5.24. The van der Waals surface area contributed by atoms with Crippen LogP contribution in [0.2, 0.25) is 0 Å². The third-order valence-corrected chi connectivity index (χ3v) is 6.18. The van der Waals surface area contributed by atoms with E-state index < -0.39 is 0 Å². The number of hydrogen-bond donors (Lipinski definition) is 1. The number of aromatic nitrogens is 2. The van der Waals surface area contributed by atoms with Gasteiger partial charge in [-0.1, -0.05) is 12.8 Å². The minimum atomic E-state index is 0.596. The second-order valence-electron chi connectivity index (χ2n) is 7.52. The molecule has 1 saturated carbocycles. The van der Waals surface area contributed by atoms with Crippen LogP contribution in [0.25, 0.3) is 0 Å². The first-order chi connectivity index (χ1) is 10.7. The van der Waals surface area contributed by atoms with E-state index in [4.69, 9.17) is 15.7 Å². The number of nitrogens with two attached hydrogens (primary N) is 1. The Morgan fingerprint density at radius 2 is 1.95 bits per heavy atom. The average molecular weight is 300 g/mol. The molecule has 4 heteroatoms. The van der Waals surface area contributed by atoms with E-state index in [1.807, 2.05) is 0 Å². The summed E-state index contributed by atoms with van der Waals surface area (Å²) in [5, 5.41) is 0. The molecule has 3 saturated heterocycles. The van der Waals surface area contributed by atoms with Crippen molar-refractivity contribution < 1.29 is 0 Å². The van der Waals surface area contributed by atoms with E-state index in [1.54, 1.807) is 0 Å². The molecule has 1 unspecified atom stereocenters. The number of aryl methyl sites for hydroxylation is 1. The third-order valence-electron chi connectivity index (χ3n) is 6.18. The molecule has 120 valence electrons. The van der Waals surface area contributed by atoms with Gasteiger partial charge in [0.05, 0.1) is 0 Å². The fourth-order valence-corrected chi connectivity index (χ4v) is 4.95. The van der Waals surface area contributed by atoms with Gasteiger partial charge in [-0.15, -0.1) is 0 Å². The highest BCUT2D eigenvalue weighted by atomic mass is 15.2. The van der Waals surface area contributed by atoms with E-state index in [2.05, 4.69) is 17.9 Å². The molecule has 2 N–H and O–H groups in total. The molecule has 0 spiro atoms. The van der Waals surface area contributed by atoms with Crippen molar-refractivity contribution in [2.75, 3.05) is 19.6 Å². The Labute approximate surface area is 133 Å². The Morgan fingerprint density at radius 1 is 1.18 bits per heavy atom. The SMILES string of the molecule is Cc1nc(C2CCCC2)cc([C@H]2CN3CC[C@@H]2C[C@@H]3CN)n1. The topological polar surface area (TPSA) is 55.0 Å². The monoisotopic (exact) mass is 300 g/mol. The summed E-state index contributed by atoms with van der Waals surface area (Å²) in [5.74, 6) is 3.01. The first-order valence-electron chi connectivity index (χ1n) is 9.04. The minimum absolute atomic E-state index is 0.596. The van der Waals surface area contributed by atoms with Crippen molar-refractivity contribution in [1.29, 1.82) is 0 Å². The van der Waals surface area contributed by atoms with Crippen molar-refractivity contribution >= 4 is 0 Å². The Kier molecular flexibility index (Phi) is 3.91. The fraction of sp³-hybridized carbons (Fsp3) is 0.778. The molecule has 4 aliphatic rings. The van der Waals surface area contributed by atoms with E-state index in [9.17, 15) is 0 Å². The van der Waals surface area contributed by atoms with Crippen LogP contribution in [0.5, 0.6) is 0 Å². The van der Waals surface area contributed by atoms with Gasteiger partial charge in [0, 0.05) is 42.4 Å². The van der Waals surface area contributed by atoms with Gasteiger partial charge in [0.25, 0.3) is 0 Å². The largest absolute Gasteiger partial charge is 0.329 e. The van der Waals surface area contributed by atoms with Gasteiger partial charge in [-0.3, -0.25) is 4.90 Å². The summed E-state index contributed by atoms with van der Waals surface area (Å²) < 4.78 is 0. The van der Waals surface area contributed by atoms with Gasteiger partial charge >= 0.3 is 0 Å². The van der Waals surface area contributed by atoms with Crippen LogP contribution >= 0.6 is 0 Å². The van der Waals surface area contributed by atoms with Crippen LogP contribution in [-0.2, 0) is 0 Å². The number of hydrogen-bond acceptors (Lipinski definition) is 4. The summed E-state index contributed by atoms with van der Waals surface area (Å²) in [6, 6.07) is 2.94. The molecule has 22 heavy (non-hydrogen) atoms. The highest BCUT2D eigenvalue weighted by Crippen LogP contribution is 2.42. The third kappa shape index (κ3) is 2.56. The quantitative estimate of drug-likeness (QED) is 0.932. The maximum atomic E-state index is 5.94. The van der Waals surface area contributed by atoms with E-state index in [0.717, 1.165) is 24.8 Å². The lowest BCUT2D eigenvalue weighted by atomic mass is 9.74. The van der Waals surface area contributed by atoms with Gasteiger partial charge < -0.3 is 5.73 Å². The maximum Gasteiger partial charge on any atom is 0.125 e. The summed E-state index contributed by atoms with van der Waals surface area (Å²) >= 11 is 0. The fourth-order valence-electron chi connectivity index (χ4n) is 4.95. The molecule has 0 amide bonds. The van der Waals surface area contributed by atoms with Crippen molar-refractivity contribution in [2.24, 2.45) is 11.7 Å². The number of nitrogens with zero attached hydrogens (tertiary/aromatic N) is 3. The van der Waals surface area contributed by atoms with Gasteiger partial charge in [0.2, 0.25) is 0 Å². The van der Waals surface area contributed by atoms with Crippen LogP contribution in [0.3, 0.4) is 0 Å². The van der Waals surface area contributed by atoms with E-state index >= 15 is 0 Å². The Bertz CT molecular complexity index is 538. The van der Waals surface area contributed by atoms with E-state index in [1.165, 1.54) is 56.5 Å². The molecule has 2 bridgehead atoms. The molecule has 1 aliphatic carbocycles. The highest BCUT2D eigenvalue weighted by Gasteiger charge is 2.41. The number of fused-ring (bicyclic) bond motifs is 3. The summed E-state index contributed by atoms with van der Waals surface area (Å²) in [4.78, 5) is 12.2. The number of rotatable bonds is 3. The van der Waals surface area contributed by atoms with E-state index in [-0.39, 0.29) is 0 Å². The predicted molar refractivity (Wildman–Crippen MR) is 87.9 cm³/mol. The molecule has 1 aromatic heterocycles. The summed E-state index contributed by atoms with van der Waals surface area (Å²) in [7, 11) is 0. The Morgan fingerprint density at radius 3 is 2.64 bits per heavy atom. The molecular weight excluding hydrogens is 272 g/mol. The smallest absolute Gasteiger partial charge is 0.125 e. The lowest BCUT2D eigenvalue weighted by Crippen LogP contribution is -2.55. The normalized spacial score (nSPS) is 35.2. The van der Waals surface area contributed by atoms with Gasteiger partial charge in [-0.05, 0) is 51.1 Å². The maximum absolute atomic E-state index is 5.94. The van der Waals surface area contributed by atoms with Crippen LogP contribution in [0.4, 0.5) is 0 Å². The van der Waals surface area contributed by atoms with Crippen molar-refractivity contribution in [2.45, 2.75) is 63.3 Å². The predicted octanol–water partition coefficient (Wildman–Crippen LogP) is 2.58. The zero-order valence-electron chi connectivity index (χ0n) is 13.7. The van der Waals surface area contributed by atoms with Crippen LogP contribution < -0.4 is 5.73 Å². The highest BCUT2D eigenvalue weighted by molar-refractivity contribution is 5.22. The van der Waals surface area contributed by atoms with Gasteiger partial charge in [-0.25, -0.2) is 9.97 Å². The molecule has 4 fully saturated rings. The lowest BCUT2D eigenvalue weighted by molar-refractivity contribution is 0.0332. The number of piperidine rings is 3. The molecule has 4 heterocycles. The Hall–Kier alpha value is -1.00. The van der Waals surface area contributed by atoms with Crippen LogP contribution in [-0.4, -0.2) is 40.5 Å². The van der Waals surface area contributed by atoms with Gasteiger partial charge in [0.1, 0.15) is 5.82 Å². The van der Waals surface area contributed by atoms with Crippen molar-refractivity contribution in [3.63, 3.8) is 0 Å². The standard InChI is InChI=1S/C18H28N4/c1-12-20-17(13-4-2-3-5-13)9-18(21-12)16-11-22-7-6-14(16)8-15(22)10-19/h9,13-16H,2-8,10-11,19H2,1H3/t14-,15-,16+/m1/s1. The molecule has 5 rings (SSSR count). The van der Waals surface area contributed by atoms with Crippen molar-refractivity contribution in [3.8, 4) is 0 Å². The zero-order chi connectivity index (χ0) is 15.1. The molecule has 4 nitrogen and oxygen atoms in total. The van der Waals surface area contributed by atoms with Gasteiger partial charge in [-0.2, -0.15) is 0 Å².